The fourth-order valence-electron chi connectivity index (χ4n) is 3.47. The summed E-state index contributed by atoms with van der Waals surface area (Å²) in [6.45, 7) is 1.98. The first-order valence-corrected chi connectivity index (χ1v) is 10.0. The van der Waals surface area contributed by atoms with Crippen LogP contribution in [-0.2, 0) is 24.7 Å². The Kier molecular flexibility index (Phi) is 5.59. The average molecular weight is 475 g/mol. The number of alkyl halides is 2. The fraction of sp³-hybridized carbons (Fsp3) is 0.273. The van der Waals surface area contributed by atoms with Crippen LogP contribution in [0, 0.1) is 6.92 Å². The molecule has 1 unspecified atom stereocenters. The predicted octanol–water partition coefficient (Wildman–Crippen LogP) is 2.27. The highest BCUT2D eigenvalue weighted by molar-refractivity contribution is 6.09. The first-order chi connectivity index (χ1) is 16.0. The molecule has 0 aliphatic carbocycles. The minimum absolute atomic E-state index is 0.101. The van der Waals surface area contributed by atoms with Gasteiger partial charge in [0.15, 0.2) is 18.1 Å². The lowest BCUT2D eigenvalue weighted by Crippen LogP contribution is -2.41. The van der Waals surface area contributed by atoms with E-state index in [4.69, 9.17) is 4.74 Å². The molecule has 1 fully saturated rings. The molecule has 2 aromatic carbocycles. The number of aryl methyl sites for hydroxylation is 1. The van der Waals surface area contributed by atoms with Crippen LogP contribution in [0.3, 0.4) is 0 Å². The van der Waals surface area contributed by atoms with E-state index in [0.29, 0.717) is 10.5 Å². The number of ether oxygens (including phenoxy) is 3. The zero-order valence-electron chi connectivity index (χ0n) is 18.0. The molecule has 2 aromatic rings. The number of carbonyl (C=O) groups excluding carboxylic acids is 4. The van der Waals surface area contributed by atoms with Crippen LogP contribution < -0.4 is 20.1 Å². The van der Waals surface area contributed by atoms with E-state index in [1.807, 2.05) is 6.92 Å². The second-order valence-electron chi connectivity index (χ2n) is 7.85. The molecule has 2 heterocycles. The van der Waals surface area contributed by atoms with Crippen LogP contribution in [0.25, 0.3) is 0 Å². The monoisotopic (exact) mass is 475 g/mol. The van der Waals surface area contributed by atoms with E-state index >= 15 is 0 Å². The highest BCUT2D eigenvalue weighted by atomic mass is 19.3. The molecule has 0 saturated carbocycles. The van der Waals surface area contributed by atoms with Gasteiger partial charge in [0, 0.05) is 11.8 Å². The third-order valence-electron chi connectivity index (χ3n) is 5.24. The SMILES string of the molecule is Cc1ccc(C2(C)NC(=O)N(CC(=O)OCC(=O)Nc3ccc4c(c3)OC(F)(F)O4)C2=O)cc1. The molecule has 2 aliphatic rings. The Morgan fingerprint density at radius 2 is 1.76 bits per heavy atom. The molecule has 1 saturated heterocycles. The molecule has 4 amide bonds. The lowest BCUT2D eigenvalue weighted by Gasteiger charge is -2.22. The molecule has 178 valence electrons. The number of nitrogens with one attached hydrogen (secondary N) is 2. The Hall–Kier alpha value is -4.22. The average Bonchev–Trinajstić information content (AvgIpc) is 3.19. The van der Waals surface area contributed by atoms with E-state index in [1.54, 1.807) is 24.3 Å². The van der Waals surface area contributed by atoms with Crippen molar-refractivity contribution in [3.63, 3.8) is 0 Å². The minimum atomic E-state index is -3.80. The number of halogens is 2. The Labute approximate surface area is 191 Å². The Bertz CT molecular complexity index is 1190. The zero-order valence-corrected chi connectivity index (χ0v) is 18.0. The van der Waals surface area contributed by atoms with Crippen LogP contribution >= 0.6 is 0 Å². The fourth-order valence-corrected chi connectivity index (χ4v) is 3.47. The quantitative estimate of drug-likeness (QED) is 0.485. The van der Waals surface area contributed by atoms with Gasteiger partial charge >= 0.3 is 18.3 Å². The molecule has 0 radical (unpaired) electrons. The number of amides is 4. The standard InChI is InChI=1S/C22H19F2N3O7/c1-12-3-5-13(6-4-12)21(2)19(30)27(20(31)26-21)10-18(29)32-11-17(28)25-14-7-8-15-16(9-14)34-22(23,24)33-15/h3-9H,10-11H2,1-2H3,(H,25,28)(H,26,31). The van der Waals surface area contributed by atoms with E-state index in [2.05, 4.69) is 20.1 Å². The van der Waals surface area contributed by atoms with E-state index < -0.39 is 48.8 Å². The molecule has 12 heteroatoms. The molecule has 0 spiro atoms. The summed E-state index contributed by atoms with van der Waals surface area (Å²) in [4.78, 5) is 50.1. The third kappa shape index (κ3) is 4.47. The summed E-state index contributed by atoms with van der Waals surface area (Å²) in [5.41, 5.74) is 0.275. The number of fused-ring (bicyclic) bond motifs is 1. The van der Waals surface area contributed by atoms with Crippen LogP contribution in [0.2, 0.25) is 0 Å². The van der Waals surface area contributed by atoms with Gasteiger partial charge < -0.3 is 24.8 Å². The Balaban J connectivity index is 1.31. The van der Waals surface area contributed by atoms with Gasteiger partial charge in [0.25, 0.3) is 11.8 Å². The number of imide groups is 1. The van der Waals surface area contributed by atoms with Gasteiger partial charge in [-0.05, 0) is 31.5 Å². The van der Waals surface area contributed by atoms with Crippen molar-refractivity contribution in [2.24, 2.45) is 0 Å². The first kappa shape index (κ1) is 23.0. The van der Waals surface area contributed by atoms with Gasteiger partial charge in [0.1, 0.15) is 12.1 Å². The second-order valence-corrected chi connectivity index (χ2v) is 7.85. The molecular weight excluding hydrogens is 456 g/mol. The van der Waals surface area contributed by atoms with Crippen LogP contribution in [0.5, 0.6) is 11.5 Å². The molecule has 0 bridgehead atoms. The largest absolute Gasteiger partial charge is 0.586 e. The normalized spacial score (nSPS) is 20.2. The predicted molar refractivity (Wildman–Crippen MR) is 111 cm³/mol. The van der Waals surface area contributed by atoms with Gasteiger partial charge in [-0.1, -0.05) is 29.8 Å². The number of hydrogen-bond acceptors (Lipinski definition) is 7. The highest BCUT2D eigenvalue weighted by Crippen LogP contribution is 2.42. The zero-order chi connectivity index (χ0) is 24.7. The van der Waals surface area contributed by atoms with Crippen molar-refractivity contribution in [1.29, 1.82) is 0 Å². The van der Waals surface area contributed by atoms with Crippen LogP contribution in [0.1, 0.15) is 18.1 Å². The van der Waals surface area contributed by atoms with Crippen molar-refractivity contribution in [2.75, 3.05) is 18.5 Å². The van der Waals surface area contributed by atoms with Crippen LogP contribution in [0.4, 0.5) is 19.3 Å². The van der Waals surface area contributed by atoms with E-state index in [0.717, 1.165) is 11.6 Å². The first-order valence-electron chi connectivity index (χ1n) is 10.0. The number of esters is 1. The maximum atomic E-state index is 13.1. The van der Waals surface area contributed by atoms with Crippen molar-refractivity contribution in [3.8, 4) is 11.5 Å². The molecule has 0 aromatic heterocycles. The number of anilines is 1. The number of carbonyl (C=O) groups is 4. The number of urea groups is 1. The molecule has 2 N–H and O–H groups in total. The molecule has 10 nitrogen and oxygen atoms in total. The van der Waals surface area contributed by atoms with Crippen molar-refractivity contribution >= 4 is 29.5 Å². The number of rotatable bonds is 6. The molecular formula is C22H19F2N3O7. The summed E-state index contributed by atoms with van der Waals surface area (Å²) < 4.78 is 39.6. The van der Waals surface area contributed by atoms with Gasteiger partial charge in [-0.3, -0.25) is 19.3 Å². The van der Waals surface area contributed by atoms with Crippen molar-refractivity contribution < 1.29 is 42.2 Å². The second kappa shape index (κ2) is 8.28. The van der Waals surface area contributed by atoms with Gasteiger partial charge in [-0.15, -0.1) is 8.78 Å². The van der Waals surface area contributed by atoms with E-state index in [1.165, 1.54) is 19.1 Å². The maximum absolute atomic E-state index is 13.1. The van der Waals surface area contributed by atoms with E-state index in [-0.39, 0.29) is 17.2 Å². The van der Waals surface area contributed by atoms with Crippen LogP contribution in [0.15, 0.2) is 42.5 Å². The number of benzene rings is 2. The third-order valence-corrected chi connectivity index (χ3v) is 5.24. The number of hydrogen-bond donors (Lipinski definition) is 2. The number of nitrogens with zero attached hydrogens (tertiary/aromatic N) is 1. The summed E-state index contributed by atoms with van der Waals surface area (Å²) in [5, 5.41) is 4.92. The van der Waals surface area contributed by atoms with Crippen molar-refractivity contribution in [2.45, 2.75) is 25.7 Å². The highest BCUT2D eigenvalue weighted by Gasteiger charge is 2.49. The van der Waals surface area contributed by atoms with Crippen molar-refractivity contribution in [1.82, 2.24) is 10.2 Å². The topological polar surface area (TPSA) is 123 Å². The minimum Gasteiger partial charge on any atom is -0.454 e. The van der Waals surface area contributed by atoms with E-state index in [9.17, 15) is 28.0 Å². The summed E-state index contributed by atoms with van der Waals surface area (Å²) in [6, 6.07) is 9.82. The molecule has 34 heavy (non-hydrogen) atoms. The van der Waals surface area contributed by atoms with Gasteiger partial charge in [0.2, 0.25) is 0 Å². The van der Waals surface area contributed by atoms with Gasteiger partial charge in [-0.25, -0.2) is 4.79 Å². The van der Waals surface area contributed by atoms with Crippen LogP contribution in [-0.4, -0.2) is 48.2 Å². The lowest BCUT2D eigenvalue weighted by atomic mass is 9.91. The summed E-state index contributed by atoms with van der Waals surface area (Å²) in [6.07, 6.45) is -3.80. The van der Waals surface area contributed by atoms with Crippen molar-refractivity contribution in [3.05, 3.63) is 53.6 Å². The summed E-state index contributed by atoms with van der Waals surface area (Å²) >= 11 is 0. The Morgan fingerprint density at radius 3 is 2.47 bits per heavy atom. The molecule has 4 rings (SSSR count). The molecule has 2 aliphatic heterocycles. The molecule has 1 atom stereocenters. The smallest absolute Gasteiger partial charge is 0.454 e. The van der Waals surface area contributed by atoms with Gasteiger partial charge in [-0.2, -0.15) is 0 Å². The van der Waals surface area contributed by atoms with Gasteiger partial charge in [0.05, 0.1) is 0 Å². The lowest BCUT2D eigenvalue weighted by molar-refractivity contribution is -0.286. The summed E-state index contributed by atoms with van der Waals surface area (Å²) in [7, 11) is 0. The Morgan fingerprint density at radius 1 is 1.09 bits per heavy atom. The summed E-state index contributed by atoms with van der Waals surface area (Å²) in [5.74, 6) is -2.87. The maximum Gasteiger partial charge on any atom is 0.586 e.